The molecule has 4 rings (SSSR count). The standard InChI is InChI=1S/C25H18BrNO5/c1-31-22-13-15(12-20-24(29)18-4-2-3-5-19(18)25(20)30)6-11-21(22)32-14-23(28)27-17-9-7-16(26)8-10-17/h2-13H,14H2,1H3,(H,27,28). The molecule has 160 valence electrons. The molecule has 0 bridgehead atoms. The van der Waals surface area contributed by atoms with Crippen molar-refractivity contribution in [3.63, 3.8) is 0 Å². The highest BCUT2D eigenvalue weighted by Crippen LogP contribution is 2.32. The van der Waals surface area contributed by atoms with E-state index in [9.17, 15) is 14.4 Å². The van der Waals surface area contributed by atoms with Gasteiger partial charge >= 0.3 is 0 Å². The van der Waals surface area contributed by atoms with Crippen molar-refractivity contribution in [2.24, 2.45) is 0 Å². The monoisotopic (exact) mass is 491 g/mol. The van der Waals surface area contributed by atoms with E-state index in [1.807, 2.05) is 12.1 Å². The SMILES string of the molecule is COc1cc(C=C2C(=O)c3ccccc3C2=O)ccc1OCC(=O)Nc1ccc(Br)cc1. The lowest BCUT2D eigenvalue weighted by Gasteiger charge is -2.12. The quantitative estimate of drug-likeness (QED) is 0.390. The van der Waals surface area contributed by atoms with Crippen LogP contribution in [0.4, 0.5) is 5.69 Å². The Labute approximate surface area is 193 Å². The molecule has 0 aliphatic heterocycles. The summed E-state index contributed by atoms with van der Waals surface area (Å²) in [6, 6.07) is 18.9. The van der Waals surface area contributed by atoms with Crippen LogP contribution in [-0.4, -0.2) is 31.2 Å². The summed E-state index contributed by atoms with van der Waals surface area (Å²) in [5.41, 5.74) is 2.19. The van der Waals surface area contributed by atoms with E-state index in [-0.39, 0.29) is 29.7 Å². The van der Waals surface area contributed by atoms with E-state index < -0.39 is 0 Å². The number of carbonyl (C=O) groups is 3. The number of halogens is 1. The molecule has 3 aromatic rings. The van der Waals surface area contributed by atoms with Crippen molar-refractivity contribution in [1.82, 2.24) is 0 Å². The molecule has 0 fully saturated rings. The Balaban J connectivity index is 1.47. The number of rotatable bonds is 6. The smallest absolute Gasteiger partial charge is 0.262 e. The normalized spacial score (nSPS) is 12.4. The lowest BCUT2D eigenvalue weighted by Crippen LogP contribution is -2.20. The number of nitrogens with one attached hydrogen (secondary N) is 1. The third-order valence-electron chi connectivity index (χ3n) is 4.89. The molecule has 32 heavy (non-hydrogen) atoms. The second kappa shape index (κ2) is 9.20. The topological polar surface area (TPSA) is 81.7 Å². The van der Waals surface area contributed by atoms with Gasteiger partial charge in [0.25, 0.3) is 5.91 Å². The highest BCUT2D eigenvalue weighted by Gasteiger charge is 2.32. The van der Waals surface area contributed by atoms with Gasteiger partial charge in [-0.05, 0) is 48.0 Å². The average molecular weight is 492 g/mol. The average Bonchev–Trinajstić information content (AvgIpc) is 3.04. The zero-order chi connectivity index (χ0) is 22.7. The first-order valence-corrected chi connectivity index (χ1v) is 10.5. The van der Waals surface area contributed by atoms with Crippen molar-refractivity contribution in [2.75, 3.05) is 19.0 Å². The molecule has 0 saturated carbocycles. The first kappa shape index (κ1) is 21.5. The number of methoxy groups -OCH3 is 1. The maximum atomic E-state index is 12.6. The van der Waals surface area contributed by atoms with E-state index in [0.717, 1.165) is 4.47 Å². The van der Waals surface area contributed by atoms with Gasteiger partial charge in [0.1, 0.15) is 0 Å². The van der Waals surface area contributed by atoms with Crippen LogP contribution in [0.5, 0.6) is 11.5 Å². The number of Topliss-reactive ketones (excluding diaryl/α,β-unsaturated/α-hetero) is 2. The van der Waals surface area contributed by atoms with Crippen LogP contribution >= 0.6 is 15.9 Å². The fraction of sp³-hybridized carbons (Fsp3) is 0.0800. The number of carbonyl (C=O) groups excluding carboxylic acids is 3. The first-order valence-electron chi connectivity index (χ1n) is 9.72. The van der Waals surface area contributed by atoms with E-state index >= 15 is 0 Å². The summed E-state index contributed by atoms with van der Waals surface area (Å²) in [6.45, 7) is -0.209. The number of fused-ring (bicyclic) bond motifs is 1. The molecule has 0 atom stereocenters. The first-order chi connectivity index (χ1) is 15.5. The van der Waals surface area contributed by atoms with Crippen LogP contribution < -0.4 is 14.8 Å². The van der Waals surface area contributed by atoms with E-state index in [1.54, 1.807) is 54.6 Å². The van der Waals surface area contributed by atoms with E-state index in [4.69, 9.17) is 9.47 Å². The number of hydrogen-bond acceptors (Lipinski definition) is 5. The maximum absolute atomic E-state index is 12.6. The van der Waals surface area contributed by atoms with Crippen LogP contribution in [0.2, 0.25) is 0 Å². The summed E-state index contributed by atoms with van der Waals surface area (Å²) >= 11 is 3.34. The number of anilines is 1. The molecule has 0 spiro atoms. The minimum Gasteiger partial charge on any atom is -0.493 e. The molecule has 6 nitrogen and oxygen atoms in total. The predicted octanol–water partition coefficient (Wildman–Crippen LogP) is 4.94. The molecular formula is C25H18BrNO5. The van der Waals surface area contributed by atoms with Gasteiger partial charge in [-0.25, -0.2) is 0 Å². The number of amides is 1. The number of ether oxygens (including phenoxy) is 2. The van der Waals surface area contributed by atoms with E-state index in [1.165, 1.54) is 13.2 Å². The van der Waals surface area contributed by atoms with Crippen LogP contribution in [-0.2, 0) is 4.79 Å². The largest absolute Gasteiger partial charge is 0.493 e. The van der Waals surface area contributed by atoms with Gasteiger partial charge in [-0.2, -0.15) is 0 Å². The minimum absolute atomic E-state index is 0.107. The van der Waals surface area contributed by atoms with Crippen molar-refractivity contribution in [3.05, 3.63) is 93.5 Å². The molecule has 0 radical (unpaired) electrons. The molecule has 0 saturated heterocycles. The Kier molecular flexibility index (Phi) is 6.18. The Morgan fingerprint density at radius 1 is 0.938 bits per heavy atom. The number of allylic oxidation sites excluding steroid dienone is 1. The molecule has 3 aromatic carbocycles. The van der Waals surface area contributed by atoms with Gasteiger partial charge in [0.15, 0.2) is 29.7 Å². The van der Waals surface area contributed by atoms with Crippen molar-refractivity contribution in [2.45, 2.75) is 0 Å². The second-order valence-corrected chi connectivity index (χ2v) is 7.93. The Morgan fingerprint density at radius 2 is 1.59 bits per heavy atom. The van der Waals surface area contributed by atoms with Crippen molar-refractivity contribution >= 4 is 45.2 Å². The zero-order valence-corrected chi connectivity index (χ0v) is 18.6. The number of ketones is 2. The second-order valence-electron chi connectivity index (χ2n) is 7.02. The maximum Gasteiger partial charge on any atom is 0.262 e. The molecule has 0 heterocycles. The molecule has 1 aliphatic rings. The van der Waals surface area contributed by atoms with Crippen molar-refractivity contribution < 1.29 is 23.9 Å². The Hall–Kier alpha value is -3.71. The fourth-order valence-corrected chi connectivity index (χ4v) is 3.60. The predicted molar refractivity (Wildman–Crippen MR) is 124 cm³/mol. The third-order valence-corrected chi connectivity index (χ3v) is 5.42. The summed E-state index contributed by atoms with van der Waals surface area (Å²) in [5, 5.41) is 2.74. The summed E-state index contributed by atoms with van der Waals surface area (Å²) in [5.74, 6) is -0.163. The van der Waals surface area contributed by atoms with E-state index in [0.29, 0.717) is 33.9 Å². The highest BCUT2D eigenvalue weighted by molar-refractivity contribution is 9.10. The van der Waals surface area contributed by atoms with Gasteiger partial charge in [0.05, 0.1) is 12.7 Å². The molecule has 0 unspecified atom stereocenters. The lowest BCUT2D eigenvalue weighted by atomic mass is 10.1. The lowest BCUT2D eigenvalue weighted by molar-refractivity contribution is -0.118. The minimum atomic E-state index is -0.319. The van der Waals surface area contributed by atoms with Crippen LogP contribution in [0.15, 0.2) is 76.8 Å². The van der Waals surface area contributed by atoms with Crippen molar-refractivity contribution in [1.29, 1.82) is 0 Å². The van der Waals surface area contributed by atoms with Crippen molar-refractivity contribution in [3.8, 4) is 11.5 Å². The summed E-state index contributed by atoms with van der Waals surface area (Å²) in [4.78, 5) is 37.3. The zero-order valence-electron chi connectivity index (χ0n) is 17.1. The van der Waals surface area contributed by atoms with Crippen LogP contribution in [0.1, 0.15) is 26.3 Å². The van der Waals surface area contributed by atoms with Crippen LogP contribution in [0.25, 0.3) is 6.08 Å². The molecule has 1 amide bonds. The van der Waals surface area contributed by atoms with Crippen LogP contribution in [0.3, 0.4) is 0 Å². The number of hydrogen-bond donors (Lipinski definition) is 1. The molecule has 1 aliphatic carbocycles. The van der Waals surface area contributed by atoms with Gasteiger partial charge in [-0.1, -0.05) is 46.3 Å². The highest BCUT2D eigenvalue weighted by atomic mass is 79.9. The van der Waals surface area contributed by atoms with Gasteiger partial charge in [0, 0.05) is 21.3 Å². The Bertz CT molecular complexity index is 1210. The van der Waals surface area contributed by atoms with Gasteiger partial charge in [-0.15, -0.1) is 0 Å². The third kappa shape index (κ3) is 4.48. The summed E-state index contributed by atoms with van der Waals surface area (Å²) < 4.78 is 11.9. The van der Waals surface area contributed by atoms with Gasteiger partial charge < -0.3 is 14.8 Å². The molecular weight excluding hydrogens is 474 g/mol. The molecule has 0 aromatic heterocycles. The fourth-order valence-electron chi connectivity index (χ4n) is 3.34. The molecule has 1 N–H and O–H groups in total. The van der Waals surface area contributed by atoms with Gasteiger partial charge in [0.2, 0.25) is 0 Å². The van der Waals surface area contributed by atoms with E-state index in [2.05, 4.69) is 21.2 Å². The van der Waals surface area contributed by atoms with Gasteiger partial charge in [-0.3, -0.25) is 14.4 Å². The number of benzene rings is 3. The summed E-state index contributed by atoms with van der Waals surface area (Å²) in [7, 11) is 1.47. The molecule has 7 heteroatoms. The Morgan fingerprint density at radius 3 is 2.22 bits per heavy atom. The van der Waals surface area contributed by atoms with Crippen LogP contribution in [0, 0.1) is 0 Å². The summed E-state index contributed by atoms with van der Waals surface area (Å²) in [6.07, 6.45) is 1.54.